The molecule has 1 saturated heterocycles. The third kappa shape index (κ3) is 3.91. The maximum atomic E-state index is 12.3. The Labute approximate surface area is 152 Å². The molecule has 1 atom stereocenters. The molecule has 6 nitrogen and oxygen atoms in total. The van der Waals surface area contributed by atoms with Gasteiger partial charge in [0, 0.05) is 24.2 Å². The van der Waals surface area contributed by atoms with E-state index in [-0.39, 0.29) is 18.2 Å². The van der Waals surface area contributed by atoms with Gasteiger partial charge in [0.05, 0.1) is 5.92 Å². The Bertz CT molecular complexity index is 828. The molecular weight excluding hydrogens is 330 g/mol. The summed E-state index contributed by atoms with van der Waals surface area (Å²) in [6.07, 6.45) is 0.125. The summed E-state index contributed by atoms with van der Waals surface area (Å²) in [5.41, 5.74) is 8.20. The normalized spacial score (nSPS) is 16.5. The maximum Gasteiger partial charge on any atom is 0.269 e. The molecule has 1 aliphatic rings. The first-order chi connectivity index (χ1) is 12.4. The van der Waals surface area contributed by atoms with E-state index in [2.05, 4.69) is 10.9 Å². The topological polar surface area (TPSA) is 78.5 Å². The lowest BCUT2D eigenvalue weighted by Gasteiger charge is -2.18. The zero-order valence-corrected chi connectivity index (χ0v) is 14.8. The average molecular weight is 351 g/mol. The van der Waals surface area contributed by atoms with E-state index in [0.717, 1.165) is 16.8 Å². The Balaban J connectivity index is 1.61. The number of amides is 3. The predicted octanol–water partition coefficient (Wildman–Crippen LogP) is 2.12. The van der Waals surface area contributed by atoms with Crippen LogP contribution in [0, 0.1) is 19.8 Å². The monoisotopic (exact) mass is 351 g/mol. The summed E-state index contributed by atoms with van der Waals surface area (Å²) in [7, 11) is 0. The highest BCUT2D eigenvalue weighted by molar-refractivity contribution is 6.01. The molecule has 0 spiro atoms. The lowest BCUT2D eigenvalue weighted by atomic mass is 10.1. The molecule has 3 rings (SSSR count). The summed E-state index contributed by atoms with van der Waals surface area (Å²) in [6, 6.07) is 14.5. The quantitative estimate of drug-likeness (QED) is 0.832. The lowest BCUT2D eigenvalue weighted by molar-refractivity contribution is -0.126. The first-order valence-electron chi connectivity index (χ1n) is 8.48. The number of hydrazine groups is 1. The predicted molar refractivity (Wildman–Crippen MR) is 98.4 cm³/mol. The summed E-state index contributed by atoms with van der Waals surface area (Å²) in [5.74, 6) is -1.35. The van der Waals surface area contributed by atoms with Gasteiger partial charge in [-0.1, -0.05) is 24.3 Å². The molecule has 1 heterocycles. The van der Waals surface area contributed by atoms with Gasteiger partial charge in [-0.15, -0.1) is 0 Å². The van der Waals surface area contributed by atoms with E-state index >= 15 is 0 Å². The van der Waals surface area contributed by atoms with Crippen molar-refractivity contribution in [2.75, 3.05) is 11.4 Å². The number of aryl methyl sites for hydroxylation is 2. The summed E-state index contributed by atoms with van der Waals surface area (Å²) in [6.45, 7) is 4.25. The van der Waals surface area contributed by atoms with Crippen LogP contribution in [-0.2, 0) is 9.59 Å². The number of rotatable bonds is 3. The first kappa shape index (κ1) is 17.7. The molecule has 2 aromatic carbocycles. The molecule has 3 amide bonds. The average Bonchev–Trinajstić information content (AvgIpc) is 3.01. The van der Waals surface area contributed by atoms with Gasteiger partial charge in [-0.25, -0.2) is 0 Å². The minimum absolute atomic E-state index is 0.0930. The molecule has 0 aliphatic carbocycles. The van der Waals surface area contributed by atoms with E-state index in [4.69, 9.17) is 0 Å². The first-order valence-corrected chi connectivity index (χ1v) is 8.48. The van der Waals surface area contributed by atoms with Crippen LogP contribution < -0.4 is 15.8 Å². The van der Waals surface area contributed by atoms with Crippen molar-refractivity contribution in [1.29, 1.82) is 0 Å². The highest BCUT2D eigenvalue weighted by Crippen LogP contribution is 2.26. The van der Waals surface area contributed by atoms with E-state index < -0.39 is 11.8 Å². The van der Waals surface area contributed by atoms with Gasteiger partial charge < -0.3 is 4.90 Å². The molecule has 0 radical (unpaired) electrons. The van der Waals surface area contributed by atoms with E-state index in [1.54, 1.807) is 35.2 Å². The van der Waals surface area contributed by atoms with Gasteiger partial charge in [-0.05, 0) is 49.2 Å². The van der Waals surface area contributed by atoms with Gasteiger partial charge in [0.25, 0.3) is 5.91 Å². The molecule has 2 N–H and O–H groups in total. The fourth-order valence-electron chi connectivity index (χ4n) is 3.12. The highest BCUT2D eigenvalue weighted by Gasteiger charge is 2.35. The second kappa shape index (κ2) is 7.39. The number of anilines is 1. The molecule has 0 bridgehead atoms. The number of nitrogens with zero attached hydrogens (tertiary/aromatic N) is 1. The van der Waals surface area contributed by atoms with Crippen LogP contribution in [-0.4, -0.2) is 24.3 Å². The Morgan fingerprint density at radius 2 is 1.65 bits per heavy atom. The van der Waals surface area contributed by atoms with Crippen LogP contribution >= 0.6 is 0 Å². The van der Waals surface area contributed by atoms with Crippen LogP contribution in [0.2, 0.25) is 0 Å². The second-order valence-electron chi connectivity index (χ2n) is 6.56. The van der Waals surface area contributed by atoms with Crippen molar-refractivity contribution in [3.05, 3.63) is 65.2 Å². The molecule has 0 saturated carbocycles. The smallest absolute Gasteiger partial charge is 0.269 e. The van der Waals surface area contributed by atoms with E-state index in [9.17, 15) is 14.4 Å². The molecule has 1 aliphatic heterocycles. The van der Waals surface area contributed by atoms with Crippen LogP contribution in [0.15, 0.2) is 48.5 Å². The molecule has 0 aromatic heterocycles. The van der Waals surface area contributed by atoms with E-state index in [0.29, 0.717) is 12.1 Å². The number of hydrogen-bond acceptors (Lipinski definition) is 3. The summed E-state index contributed by atoms with van der Waals surface area (Å²) < 4.78 is 0. The standard InChI is InChI=1S/C20H21N3O3/c1-13-8-14(2)10-17(9-13)23-12-16(11-18(23)24)20(26)22-21-19(25)15-6-4-3-5-7-15/h3-10,16H,11-12H2,1-2H3,(H,21,25)(H,22,26)/t16-/m1/s1. The molecular formula is C20H21N3O3. The second-order valence-corrected chi connectivity index (χ2v) is 6.56. The van der Waals surface area contributed by atoms with Crippen molar-refractivity contribution in [3.63, 3.8) is 0 Å². The van der Waals surface area contributed by atoms with Crippen molar-refractivity contribution in [2.24, 2.45) is 5.92 Å². The number of carbonyl (C=O) groups excluding carboxylic acids is 3. The number of hydrogen-bond donors (Lipinski definition) is 2. The zero-order valence-electron chi connectivity index (χ0n) is 14.8. The fourth-order valence-corrected chi connectivity index (χ4v) is 3.12. The van der Waals surface area contributed by atoms with Crippen molar-refractivity contribution in [3.8, 4) is 0 Å². The molecule has 26 heavy (non-hydrogen) atoms. The summed E-state index contributed by atoms with van der Waals surface area (Å²) >= 11 is 0. The van der Waals surface area contributed by atoms with Crippen LogP contribution in [0.4, 0.5) is 5.69 Å². The number of benzene rings is 2. The summed E-state index contributed by atoms with van der Waals surface area (Å²) in [4.78, 5) is 38.3. The SMILES string of the molecule is Cc1cc(C)cc(N2C[C@H](C(=O)NNC(=O)c3ccccc3)CC2=O)c1. The van der Waals surface area contributed by atoms with Gasteiger partial charge in [-0.2, -0.15) is 0 Å². The number of carbonyl (C=O) groups is 3. The van der Waals surface area contributed by atoms with Crippen LogP contribution in [0.3, 0.4) is 0 Å². The third-order valence-corrected chi connectivity index (χ3v) is 4.35. The Morgan fingerprint density at radius 1 is 1.00 bits per heavy atom. The Morgan fingerprint density at radius 3 is 2.31 bits per heavy atom. The molecule has 2 aromatic rings. The minimum Gasteiger partial charge on any atom is -0.312 e. The van der Waals surface area contributed by atoms with Crippen molar-refractivity contribution >= 4 is 23.4 Å². The van der Waals surface area contributed by atoms with Crippen molar-refractivity contribution in [2.45, 2.75) is 20.3 Å². The Hall–Kier alpha value is -3.15. The fraction of sp³-hybridized carbons (Fsp3) is 0.250. The van der Waals surface area contributed by atoms with Gasteiger partial charge in [0.1, 0.15) is 0 Å². The zero-order chi connectivity index (χ0) is 18.7. The third-order valence-electron chi connectivity index (χ3n) is 4.35. The molecule has 1 fully saturated rings. The molecule has 6 heteroatoms. The summed E-state index contributed by atoms with van der Waals surface area (Å²) in [5, 5.41) is 0. The largest absolute Gasteiger partial charge is 0.312 e. The van der Waals surface area contributed by atoms with Gasteiger partial charge in [0.2, 0.25) is 11.8 Å². The lowest BCUT2D eigenvalue weighted by Crippen LogP contribution is -2.45. The Kier molecular flexibility index (Phi) is 5.02. The van der Waals surface area contributed by atoms with E-state index in [1.165, 1.54) is 0 Å². The van der Waals surface area contributed by atoms with E-state index in [1.807, 2.05) is 32.0 Å². The molecule has 134 valence electrons. The van der Waals surface area contributed by atoms with Crippen LogP contribution in [0.5, 0.6) is 0 Å². The van der Waals surface area contributed by atoms with Gasteiger partial charge in [-0.3, -0.25) is 25.2 Å². The van der Waals surface area contributed by atoms with Gasteiger partial charge >= 0.3 is 0 Å². The highest BCUT2D eigenvalue weighted by atomic mass is 16.2. The van der Waals surface area contributed by atoms with Crippen molar-refractivity contribution < 1.29 is 14.4 Å². The van der Waals surface area contributed by atoms with Crippen molar-refractivity contribution in [1.82, 2.24) is 10.9 Å². The van der Waals surface area contributed by atoms with Crippen LogP contribution in [0.25, 0.3) is 0 Å². The number of nitrogens with one attached hydrogen (secondary N) is 2. The minimum atomic E-state index is -0.501. The van der Waals surface area contributed by atoms with Gasteiger partial charge in [0.15, 0.2) is 0 Å². The van der Waals surface area contributed by atoms with Crippen LogP contribution in [0.1, 0.15) is 27.9 Å². The maximum absolute atomic E-state index is 12.3. The molecule has 0 unspecified atom stereocenters.